The molecule has 8 nitrogen and oxygen atoms in total. The molecule has 2 aliphatic rings. The Hall–Kier alpha value is -4.33. The van der Waals surface area contributed by atoms with E-state index in [9.17, 15) is 0 Å². The molecule has 2 aromatic carbocycles. The lowest BCUT2D eigenvalue weighted by atomic mass is 10.2. The lowest BCUT2D eigenvalue weighted by Crippen LogP contribution is -2.26. The van der Waals surface area contributed by atoms with Crippen molar-refractivity contribution in [3.8, 4) is 11.5 Å². The van der Waals surface area contributed by atoms with E-state index in [0.717, 1.165) is 53.5 Å². The predicted octanol–water partition coefficient (Wildman–Crippen LogP) is 4.93. The van der Waals surface area contributed by atoms with Crippen LogP contribution in [0.15, 0.2) is 85.5 Å². The molecule has 0 aliphatic carbocycles. The van der Waals surface area contributed by atoms with Crippen molar-refractivity contribution in [2.24, 2.45) is 0 Å². The van der Waals surface area contributed by atoms with Crippen LogP contribution in [-0.4, -0.2) is 56.4 Å². The number of pyridine rings is 1. The van der Waals surface area contributed by atoms with Gasteiger partial charge in [-0.3, -0.25) is 0 Å². The van der Waals surface area contributed by atoms with Gasteiger partial charge in [0.25, 0.3) is 0 Å². The van der Waals surface area contributed by atoms with Crippen LogP contribution in [0.3, 0.4) is 0 Å². The van der Waals surface area contributed by atoms with E-state index in [1.807, 2.05) is 24.3 Å². The Labute approximate surface area is 206 Å². The van der Waals surface area contributed by atoms with Gasteiger partial charge < -0.3 is 34.0 Å². The van der Waals surface area contributed by atoms with Crippen LogP contribution in [0, 0.1) is 0 Å². The Balaban J connectivity index is 1.64. The third kappa shape index (κ3) is 4.68. The number of rotatable bonds is 7. The average molecular weight is 471 g/mol. The maximum absolute atomic E-state index is 5.40. The van der Waals surface area contributed by atoms with Gasteiger partial charge in [0.05, 0.1) is 33.2 Å². The number of nitrogens with zero attached hydrogens (tertiary/aromatic N) is 6. The minimum absolute atomic E-state index is 0.747. The zero-order valence-electron chi connectivity index (χ0n) is 20.5. The highest BCUT2D eigenvalue weighted by molar-refractivity contribution is 5.80. The van der Waals surface area contributed by atoms with Gasteiger partial charge in [-0.1, -0.05) is 0 Å². The summed E-state index contributed by atoms with van der Waals surface area (Å²) >= 11 is 0. The fourth-order valence-electron chi connectivity index (χ4n) is 4.18. The summed E-state index contributed by atoms with van der Waals surface area (Å²) in [5.41, 5.74) is 3.04. The van der Waals surface area contributed by atoms with Crippen LogP contribution in [0.4, 0.5) is 28.7 Å². The highest BCUT2D eigenvalue weighted by atomic mass is 16.5. The normalized spacial score (nSPS) is 14.7. The Morgan fingerprint density at radius 2 is 1.06 bits per heavy atom. The van der Waals surface area contributed by atoms with Crippen molar-refractivity contribution < 1.29 is 9.47 Å². The molecule has 3 heterocycles. The summed E-state index contributed by atoms with van der Waals surface area (Å²) in [6.07, 6.45) is 8.24. The van der Waals surface area contributed by atoms with Gasteiger partial charge in [-0.25, -0.2) is 4.98 Å². The lowest BCUT2D eigenvalue weighted by molar-refractivity contribution is 0.415. The van der Waals surface area contributed by atoms with Gasteiger partial charge in [-0.15, -0.1) is 0 Å². The van der Waals surface area contributed by atoms with E-state index >= 15 is 0 Å². The fourth-order valence-corrected chi connectivity index (χ4v) is 4.18. The van der Waals surface area contributed by atoms with Gasteiger partial charge in [-0.2, -0.15) is 0 Å². The molecular weight excluding hydrogens is 440 g/mol. The highest BCUT2D eigenvalue weighted by Crippen LogP contribution is 2.39. The summed E-state index contributed by atoms with van der Waals surface area (Å²) in [5, 5.41) is 0. The standard InChI is InChI=1S/C27H30N6O2/c1-29-13-15-31(19-29)26-17-23(18-27(28-26)32-16-14-30(2)20-32)33(21-5-9-24(34-3)10-6-21)22-7-11-25(35-4)12-8-22/h5-18H,19-20H2,1-4H3. The second kappa shape index (κ2) is 9.50. The average Bonchev–Trinajstić information content (AvgIpc) is 3.53. The van der Waals surface area contributed by atoms with Crippen molar-refractivity contribution in [1.82, 2.24) is 14.8 Å². The quantitative estimate of drug-likeness (QED) is 0.482. The molecule has 0 spiro atoms. The molecule has 3 aromatic rings. The van der Waals surface area contributed by atoms with E-state index in [4.69, 9.17) is 14.5 Å². The maximum Gasteiger partial charge on any atom is 0.138 e. The number of hydrogen-bond acceptors (Lipinski definition) is 8. The number of aromatic nitrogens is 1. The van der Waals surface area contributed by atoms with Crippen molar-refractivity contribution in [2.45, 2.75) is 0 Å². The lowest BCUT2D eigenvalue weighted by Gasteiger charge is -2.29. The van der Waals surface area contributed by atoms with Gasteiger partial charge in [0.1, 0.15) is 23.1 Å². The van der Waals surface area contributed by atoms with Gasteiger partial charge >= 0.3 is 0 Å². The van der Waals surface area contributed by atoms with Crippen LogP contribution in [-0.2, 0) is 0 Å². The summed E-state index contributed by atoms with van der Waals surface area (Å²) in [4.78, 5) is 15.8. The second-order valence-corrected chi connectivity index (χ2v) is 8.61. The molecule has 2 aliphatic heterocycles. The van der Waals surface area contributed by atoms with E-state index in [2.05, 4.69) is 99.8 Å². The van der Waals surface area contributed by atoms with Crippen LogP contribution in [0.2, 0.25) is 0 Å². The molecule has 0 radical (unpaired) electrons. The smallest absolute Gasteiger partial charge is 0.138 e. The molecule has 0 unspecified atom stereocenters. The van der Waals surface area contributed by atoms with Crippen molar-refractivity contribution >= 4 is 28.7 Å². The molecule has 5 rings (SSSR count). The minimum Gasteiger partial charge on any atom is -0.497 e. The summed E-state index contributed by atoms with van der Waals surface area (Å²) in [5.74, 6) is 3.39. The first-order valence-electron chi connectivity index (χ1n) is 11.4. The highest BCUT2D eigenvalue weighted by Gasteiger charge is 2.22. The maximum atomic E-state index is 5.40. The monoisotopic (exact) mass is 470 g/mol. The molecule has 180 valence electrons. The number of hydrogen-bond donors (Lipinski definition) is 0. The molecule has 0 atom stereocenters. The molecule has 0 fully saturated rings. The number of methoxy groups -OCH3 is 2. The van der Waals surface area contributed by atoms with Crippen molar-refractivity contribution in [2.75, 3.05) is 56.4 Å². The summed E-state index contributed by atoms with van der Waals surface area (Å²) in [6, 6.07) is 20.4. The zero-order valence-corrected chi connectivity index (χ0v) is 20.5. The predicted molar refractivity (Wildman–Crippen MR) is 141 cm³/mol. The molecule has 0 amide bonds. The topological polar surface area (TPSA) is 47.6 Å². The third-order valence-corrected chi connectivity index (χ3v) is 6.04. The van der Waals surface area contributed by atoms with Gasteiger partial charge in [0, 0.05) is 62.4 Å². The van der Waals surface area contributed by atoms with Gasteiger partial charge in [-0.05, 0) is 48.5 Å². The molecule has 0 saturated heterocycles. The molecule has 0 N–H and O–H groups in total. The number of anilines is 5. The molecule has 0 saturated carbocycles. The van der Waals surface area contributed by atoms with Crippen molar-refractivity contribution in [3.63, 3.8) is 0 Å². The Bertz CT molecular complexity index is 1130. The minimum atomic E-state index is 0.747. The van der Waals surface area contributed by atoms with Crippen LogP contribution in [0.5, 0.6) is 11.5 Å². The van der Waals surface area contributed by atoms with E-state index < -0.39 is 0 Å². The van der Waals surface area contributed by atoms with Crippen molar-refractivity contribution in [3.05, 3.63) is 85.5 Å². The summed E-state index contributed by atoms with van der Waals surface area (Å²) in [7, 11) is 7.47. The van der Waals surface area contributed by atoms with Crippen LogP contribution >= 0.6 is 0 Å². The molecule has 8 heteroatoms. The Morgan fingerprint density at radius 1 is 0.629 bits per heavy atom. The van der Waals surface area contributed by atoms with Crippen LogP contribution in [0.1, 0.15) is 0 Å². The van der Waals surface area contributed by atoms with Gasteiger partial charge in [0.2, 0.25) is 0 Å². The first-order chi connectivity index (χ1) is 17.0. The van der Waals surface area contributed by atoms with E-state index in [0.29, 0.717) is 0 Å². The zero-order chi connectivity index (χ0) is 24.4. The summed E-state index contributed by atoms with van der Waals surface area (Å²) in [6.45, 7) is 1.49. The Morgan fingerprint density at radius 3 is 1.40 bits per heavy atom. The molecular formula is C27H30N6O2. The van der Waals surface area contributed by atoms with Crippen LogP contribution in [0.25, 0.3) is 0 Å². The van der Waals surface area contributed by atoms with Crippen LogP contribution < -0.4 is 24.2 Å². The van der Waals surface area contributed by atoms with E-state index in [1.165, 1.54) is 0 Å². The SMILES string of the molecule is COc1ccc(N(c2ccc(OC)cc2)c2cc(N3C=CN(C)C3)nc(N3C=CN(C)C3)c2)cc1. The molecule has 1 aromatic heterocycles. The molecule has 35 heavy (non-hydrogen) atoms. The van der Waals surface area contributed by atoms with Crippen molar-refractivity contribution in [1.29, 1.82) is 0 Å². The fraction of sp³-hybridized carbons (Fsp3) is 0.222. The first-order valence-corrected chi connectivity index (χ1v) is 11.4. The number of benzene rings is 2. The molecule has 0 bridgehead atoms. The number of ether oxygens (including phenoxy) is 2. The largest absolute Gasteiger partial charge is 0.497 e. The summed E-state index contributed by atoms with van der Waals surface area (Å²) < 4.78 is 10.8. The third-order valence-electron chi connectivity index (χ3n) is 6.04. The Kier molecular flexibility index (Phi) is 6.10. The first kappa shape index (κ1) is 22.5. The van der Waals surface area contributed by atoms with Gasteiger partial charge in [0.15, 0.2) is 0 Å². The second-order valence-electron chi connectivity index (χ2n) is 8.61. The van der Waals surface area contributed by atoms with E-state index in [-0.39, 0.29) is 0 Å². The van der Waals surface area contributed by atoms with E-state index in [1.54, 1.807) is 14.2 Å².